The van der Waals surface area contributed by atoms with Gasteiger partial charge in [0.05, 0.1) is 18.0 Å². The maximum atomic E-state index is 12.2. The molecule has 2 aromatic rings. The van der Waals surface area contributed by atoms with Gasteiger partial charge in [0.25, 0.3) is 5.91 Å². The molecule has 0 spiro atoms. The minimum atomic E-state index is -0.215. The van der Waals surface area contributed by atoms with Gasteiger partial charge in [-0.15, -0.1) is 0 Å². The van der Waals surface area contributed by atoms with Crippen LogP contribution >= 0.6 is 0 Å². The van der Waals surface area contributed by atoms with Crippen molar-refractivity contribution in [3.63, 3.8) is 0 Å². The Morgan fingerprint density at radius 2 is 2.12 bits per heavy atom. The van der Waals surface area contributed by atoms with Crippen LogP contribution in [0.3, 0.4) is 0 Å². The standard InChI is InChI=1S/C18H22N6O/c1-4-19-7-6-14-11(2)16(22-12(14)3)9-15-17(23-24-18(15)25)13-5-8-20-21-10-13/h5,8-10,19,22H,4,6-7H2,1-3H3,(H,24,25)/b15-9+. The number of aromatic nitrogens is 3. The molecule has 0 saturated heterocycles. The lowest BCUT2D eigenvalue weighted by Crippen LogP contribution is -2.16. The first kappa shape index (κ1) is 17.0. The zero-order valence-corrected chi connectivity index (χ0v) is 14.7. The van der Waals surface area contributed by atoms with Gasteiger partial charge in [0.15, 0.2) is 0 Å². The largest absolute Gasteiger partial charge is 0.359 e. The summed E-state index contributed by atoms with van der Waals surface area (Å²) in [5.74, 6) is -0.215. The lowest BCUT2D eigenvalue weighted by Gasteiger charge is -2.03. The Labute approximate surface area is 146 Å². The second kappa shape index (κ2) is 7.40. The van der Waals surface area contributed by atoms with Crippen molar-refractivity contribution in [1.82, 2.24) is 25.9 Å². The molecule has 0 radical (unpaired) electrons. The highest BCUT2D eigenvalue weighted by Gasteiger charge is 2.25. The molecule has 1 aliphatic rings. The van der Waals surface area contributed by atoms with Crippen LogP contribution in [-0.4, -0.2) is 39.9 Å². The molecule has 7 heteroatoms. The molecule has 1 amide bonds. The minimum absolute atomic E-state index is 0.215. The summed E-state index contributed by atoms with van der Waals surface area (Å²) in [5, 5.41) is 15.1. The van der Waals surface area contributed by atoms with Gasteiger partial charge < -0.3 is 10.3 Å². The molecule has 0 fully saturated rings. The number of carbonyl (C=O) groups excluding carboxylic acids is 1. The number of likely N-dealkylation sites (N-methyl/N-ethyl adjacent to an activating group) is 1. The first-order valence-corrected chi connectivity index (χ1v) is 8.37. The quantitative estimate of drug-likeness (QED) is 0.549. The van der Waals surface area contributed by atoms with Crippen LogP contribution in [0.5, 0.6) is 0 Å². The van der Waals surface area contributed by atoms with Crippen LogP contribution in [0.25, 0.3) is 6.08 Å². The van der Waals surface area contributed by atoms with Gasteiger partial charge in [-0.3, -0.25) is 4.79 Å². The lowest BCUT2D eigenvalue weighted by molar-refractivity contribution is -0.116. The smallest absolute Gasteiger partial charge is 0.273 e. The number of carbonyl (C=O) groups is 1. The Kier molecular flexibility index (Phi) is 5.04. The summed E-state index contributed by atoms with van der Waals surface area (Å²) in [4.78, 5) is 15.6. The first-order valence-electron chi connectivity index (χ1n) is 8.37. The maximum absolute atomic E-state index is 12.2. The number of hydrogen-bond donors (Lipinski definition) is 3. The van der Waals surface area contributed by atoms with Crippen LogP contribution in [0, 0.1) is 13.8 Å². The number of rotatable bonds is 6. The summed E-state index contributed by atoms with van der Waals surface area (Å²) >= 11 is 0. The van der Waals surface area contributed by atoms with Crippen molar-refractivity contribution in [2.45, 2.75) is 27.2 Å². The molecule has 0 unspecified atom stereocenters. The molecule has 2 aromatic heterocycles. The first-order chi connectivity index (χ1) is 12.1. The topological polar surface area (TPSA) is 95.1 Å². The van der Waals surface area contributed by atoms with Crippen LogP contribution in [0.1, 0.15) is 35.0 Å². The van der Waals surface area contributed by atoms with Gasteiger partial charge in [0, 0.05) is 17.0 Å². The van der Waals surface area contributed by atoms with E-state index >= 15 is 0 Å². The molecule has 0 bridgehead atoms. The van der Waals surface area contributed by atoms with E-state index in [2.05, 4.69) is 51.8 Å². The molecule has 7 nitrogen and oxygen atoms in total. The summed E-state index contributed by atoms with van der Waals surface area (Å²) in [6.07, 6.45) is 6.00. The number of nitrogens with one attached hydrogen (secondary N) is 3. The van der Waals surface area contributed by atoms with Crippen molar-refractivity contribution in [2.75, 3.05) is 13.1 Å². The molecular formula is C18H22N6O. The molecule has 0 aromatic carbocycles. The third-order valence-corrected chi connectivity index (χ3v) is 4.35. The number of hydrogen-bond acceptors (Lipinski definition) is 5. The van der Waals surface area contributed by atoms with Crippen molar-refractivity contribution < 1.29 is 4.79 Å². The summed E-state index contributed by atoms with van der Waals surface area (Å²) < 4.78 is 0. The van der Waals surface area contributed by atoms with Gasteiger partial charge in [-0.2, -0.15) is 15.3 Å². The van der Waals surface area contributed by atoms with E-state index in [1.54, 1.807) is 18.5 Å². The Balaban J connectivity index is 1.93. The van der Waals surface area contributed by atoms with E-state index in [1.807, 2.05) is 6.08 Å². The fourth-order valence-corrected chi connectivity index (χ4v) is 2.99. The van der Waals surface area contributed by atoms with Crippen LogP contribution in [-0.2, 0) is 11.2 Å². The Bertz CT molecular complexity index is 835. The van der Waals surface area contributed by atoms with Crippen LogP contribution in [0.2, 0.25) is 0 Å². The molecule has 25 heavy (non-hydrogen) atoms. The van der Waals surface area contributed by atoms with Crippen molar-refractivity contribution in [2.24, 2.45) is 5.10 Å². The zero-order valence-electron chi connectivity index (χ0n) is 14.7. The minimum Gasteiger partial charge on any atom is -0.359 e. The Hall–Kier alpha value is -2.80. The van der Waals surface area contributed by atoms with E-state index in [1.165, 1.54) is 5.56 Å². The van der Waals surface area contributed by atoms with Gasteiger partial charge in [-0.05, 0) is 56.6 Å². The predicted octanol–water partition coefficient (Wildman–Crippen LogP) is 1.49. The van der Waals surface area contributed by atoms with Gasteiger partial charge in [-0.25, -0.2) is 5.43 Å². The van der Waals surface area contributed by atoms with Crippen LogP contribution in [0.15, 0.2) is 29.1 Å². The van der Waals surface area contributed by atoms with Crippen molar-refractivity contribution >= 4 is 17.7 Å². The zero-order chi connectivity index (χ0) is 17.8. The average molecular weight is 338 g/mol. The number of nitrogens with zero attached hydrogens (tertiary/aromatic N) is 3. The average Bonchev–Trinajstić information content (AvgIpc) is 3.11. The van der Waals surface area contributed by atoms with Gasteiger partial charge in [-0.1, -0.05) is 6.92 Å². The number of H-pyrrole nitrogens is 1. The van der Waals surface area contributed by atoms with Crippen molar-refractivity contribution in [3.05, 3.63) is 52.1 Å². The molecule has 0 atom stereocenters. The number of amides is 1. The molecular weight excluding hydrogens is 316 g/mol. The number of aromatic amines is 1. The van der Waals surface area contributed by atoms with E-state index in [-0.39, 0.29) is 5.91 Å². The highest BCUT2D eigenvalue weighted by molar-refractivity contribution is 6.33. The fourth-order valence-electron chi connectivity index (χ4n) is 2.99. The maximum Gasteiger partial charge on any atom is 0.273 e. The van der Waals surface area contributed by atoms with Gasteiger partial charge in [0.1, 0.15) is 5.71 Å². The highest BCUT2D eigenvalue weighted by atomic mass is 16.2. The fraction of sp³-hybridized carbons (Fsp3) is 0.333. The summed E-state index contributed by atoms with van der Waals surface area (Å²) in [5.41, 5.74) is 8.91. The second-order valence-electron chi connectivity index (χ2n) is 5.96. The summed E-state index contributed by atoms with van der Waals surface area (Å²) in [6.45, 7) is 8.13. The number of hydrazone groups is 1. The molecule has 1 aliphatic heterocycles. The third-order valence-electron chi connectivity index (χ3n) is 4.35. The Morgan fingerprint density at radius 1 is 1.28 bits per heavy atom. The lowest BCUT2D eigenvalue weighted by atomic mass is 10.0. The van der Waals surface area contributed by atoms with E-state index in [4.69, 9.17) is 0 Å². The predicted molar refractivity (Wildman–Crippen MR) is 97.2 cm³/mol. The molecule has 3 heterocycles. The molecule has 130 valence electrons. The molecule has 3 rings (SSSR count). The summed E-state index contributed by atoms with van der Waals surface area (Å²) in [7, 11) is 0. The van der Waals surface area contributed by atoms with E-state index in [9.17, 15) is 4.79 Å². The number of aryl methyl sites for hydroxylation is 1. The second-order valence-corrected chi connectivity index (χ2v) is 5.96. The van der Waals surface area contributed by atoms with Crippen LogP contribution < -0.4 is 10.7 Å². The molecule has 3 N–H and O–H groups in total. The Morgan fingerprint density at radius 3 is 2.84 bits per heavy atom. The van der Waals surface area contributed by atoms with E-state index in [0.29, 0.717) is 11.3 Å². The van der Waals surface area contributed by atoms with Gasteiger partial charge >= 0.3 is 0 Å². The highest BCUT2D eigenvalue weighted by Crippen LogP contribution is 2.23. The molecule has 0 aliphatic carbocycles. The monoisotopic (exact) mass is 338 g/mol. The molecule has 0 saturated carbocycles. The van der Waals surface area contributed by atoms with Gasteiger partial charge in [0.2, 0.25) is 0 Å². The van der Waals surface area contributed by atoms with Crippen molar-refractivity contribution in [1.29, 1.82) is 0 Å². The van der Waals surface area contributed by atoms with E-state index in [0.717, 1.165) is 42.0 Å². The van der Waals surface area contributed by atoms with E-state index < -0.39 is 0 Å². The normalized spacial score (nSPS) is 15.6. The third kappa shape index (κ3) is 3.51. The summed E-state index contributed by atoms with van der Waals surface area (Å²) in [6, 6.07) is 1.79. The SMILES string of the molecule is CCNCCc1c(C)[nH]c(/C=C2/C(=O)NN=C2c2ccnnc2)c1C. The van der Waals surface area contributed by atoms with Crippen molar-refractivity contribution in [3.8, 4) is 0 Å². The van der Waals surface area contributed by atoms with Crippen LogP contribution in [0.4, 0.5) is 0 Å².